The van der Waals surface area contributed by atoms with E-state index in [-0.39, 0.29) is 0 Å². The zero-order chi connectivity index (χ0) is 14.3. The normalized spacial score (nSPS) is 20.4. The second kappa shape index (κ2) is 8.23. The van der Waals surface area contributed by atoms with Gasteiger partial charge in [-0.15, -0.1) is 0 Å². The fraction of sp³-hybridized carbons (Fsp3) is 1.00. The molecular formula is C16H34N2O. The lowest BCUT2D eigenvalue weighted by molar-refractivity contribution is -0.00557. The Kier molecular flexibility index (Phi) is 7.33. The molecule has 3 heteroatoms. The predicted octanol–water partition coefficient (Wildman–Crippen LogP) is 3.04. The van der Waals surface area contributed by atoms with Gasteiger partial charge in [-0.2, -0.15) is 0 Å². The molecule has 1 fully saturated rings. The summed E-state index contributed by atoms with van der Waals surface area (Å²) in [6.45, 7) is 15.2. The number of hydrogen-bond donors (Lipinski definition) is 1. The third-order valence-corrected chi connectivity index (χ3v) is 4.56. The Morgan fingerprint density at radius 3 is 2.11 bits per heavy atom. The van der Waals surface area contributed by atoms with Crippen molar-refractivity contribution in [2.75, 3.05) is 26.2 Å². The van der Waals surface area contributed by atoms with Gasteiger partial charge in [0, 0.05) is 11.6 Å². The van der Waals surface area contributed by atoms with Crippen LogP contribution in [-0.2, 0) is 4.74 Å². The highest BCUT2D eigenvalue weighted by molar-refractivity contribution is 5.03. The van der Waals surface area contributed by atoms with Gasteiger partial charge in [-0.25, -0.2) is 0 Å². The van der Waals surface area contributed by atoms with Gasteiger partial charge in [0.1, 0.15) is 0 Å². The molecule has 0 aliphatic heterocycles. The molecule has 1 N–H and O–H groups in total. The van der Waals surface area contributed by atoms with Crippen molar-refractivity contribution in [2.24, 2.45) is 0 Å². The molecule has 1 aliphatic rings. The monoisotopic (exact) mass is 270 g/mol. The summed E-state index contributed by atoms with van der Waals surface area (Å²) in [5.41, 5.74) is 0.314. The number of likely N-dealkylation sites (N-methyl/N-ethyl adjacent to an activating group) is 2. The minimum absolute atomic E-state index is 0.314. The van der Waals surface area contributed by atoms with Crippen LogP contribution in [0.4, 0.5) is 0 Å². The van der Waals surface area contributed by atoms with Gasteiger partial charge in [0.2, 0.25) is 0 Å². The van der Waals surface area contributed by atoms with E-state index in [1.807, 2.05) is 0 Å². The Bertz CT molecular complexity index is 233. The van der Waals surface area contributed by atoms with Gasteiger partial charge in [-0.05, 0) is 46.3 Å². The van der Waals surface area contributed by atoms with E-state index in [2.05, 4.69) is 44.8 Å². The SMILES string of the molecule is CCNC(COC(C)C)C1(N(CC)CC)CCCC1. The molecule has 0 aromatic heterocycles. The van der Waals surface area contributed by atoms with Gasteiger partial charge < -0.3 is 10.1 Å². The van der Waals surface area contributed by atoms with Crippen LogP contribution in [0.3, 0.4) is 0 Å². The van der Waals surface area contributed by atoms with Gasteiger partial charge in [-0.3, -0.25) is 4.90 Å². The molecule has 1 aliphatic carbocycles. The van der Waals surface area contributed by atoms with Crippen LogP contribution in [0.1, 0.15) is 60.3 Å². The molecule has 0 aromatic rings. The summed E-state index contributed by atoms with van der Waals surface area (Å²) < 4.78 is 5.94. The third kappa shape index (κ3) is 4.17. The van der Waals surface area contributed by atoms with Crippen molar-refractivity contribution in [3.8, 4) is 0 Å². The minimum atomic E-state index is 0.314. The molecule has 1 atom stereocenters. The van der Waals surface area contributed by atoms with Crippen molar-refractivity contribution in [3.05, 3.63) is 0 Å². The largest absolute Gasteiger partial charge is 0.377 e. The summed E-state index contributed by atoms with van der Waals surface area (Å²) in [5, 5.41) is 3.70. The Hall–Kier alpha value is -0.120. The first kappa shape index (κ1) is 16.9. The second-order valence-corrected chi connectivity index (χ2v) is 5.98. The summed E-state index contributed by atoms with van der Waals surface area (Å²) in [4.78, 5) is 2.66. The van der Waals surface area contributed by atoms with Crippen LogP contribution in [0.2, 0.25) is 0 Å². The fourth-order valence-corrected chi connectivity index (χ4v) is 3.66. The highest BCUT2D eigenvalue weighted by Gasteiger charge is 2.44. The Morgan fingerprint density at radius 1 is 1.11 bits per heavy atom. The lowest BCUT2D eigenvalue weighted by atomic mass is 9.86. The molecule has 1 saturated carbocycles. The molecule has 0 aromatic carbocycles. The van der Waals surface area contributed by atoms with E-state index in [1.54, 1.807) is 0 Å². The van der Waals surface area contributed by atoms with Gasteiger partial charge in [0.25, 0.3) is 0 Å². The molecule has 1 unspecified atom stereocenters. The quantitative estimate of drug-likeness (QED) is 0.697. The van der Waals surface area contributed by atoms with E-state index in [4.69, 9.17) is 4.74 Å². The number of hydrogen-bond acceptors (Lipinski definition) is 3. The van der Waals surface area contributed by atoms with Crippen LogP contribution in [-0.4, -0.2) is 48.8 Å². The van der Waals surface area contributed by atoms with Crippen molar-refractivity contribution in [2.45, 2.75) is 78.0 Å². The standard InChI is InChI=1S/C16H34N2O/c1-6-17-15(13-19-14(4)5)16(11-9-10-12-16)18(7-2)8-3/h14-15,17H,6-13H2,1-5H3. The van der Waals surface area contributed by atoms with Crippen molar-refractivity contribution < 1.29 is 4.74 Å². The average Bonchev–Trinajstić information content (AvgIpc) is 2.86. The van der Waals surface area contributed by atoms with Gasteiger partial charge in [-0.1, -0.05) is 33.6 Å². The van der Waals surface area contributed by atoms with Gasteiger partial charge >= 0.3 is 0 Å². The van der Waals surface area contributed by atoms with Gasteiger partial charge in [0.05, 0.1) is 12.7 Å². The van der Waals surface area contributed by atoms with Crippen molar-refractivity contribution >= 4 is 0 Å². The molecule has 0 heterocycles. The first-order chi connectivity index (χ1) is 9.10. The molecule has 0 bridgehead atoms. The van der Waals surface area contributed by atoms with Crippen molar-refractivity contribution in [1.29, 1.82) is 0 Å². The first-order valence-electron chi connectivity index (χ1n) is 8.20. The van der Waals surface area contributed by atoms with Crippen LogP contribution >= 0.6 is 0 Å². The topological polar surface area (TPSA) is 24.5 Å². The summed E-state index contributed by atoms with van der Waals surface area (Å²) in [6, 6.07) is 0.460. The average molecular weight is 270 g/mol. The van der Waals surface area contributed by atoms with E-state index in [9.17, 15) is 0 Å². The highest BCUT2D eigenvalue weighted by atomic mass is 16.5. The fourth-order valence-electron chi connectivity index (χ4n) is 3.66. The first-order valence-corrected chi connectivity index (χ1v) is 8.20. The minimum Gasteiger partial charge on any atom is -0.377 e. The molecule has 0 amide bonds. The molecule has 3 nitrogen and oxygen atoms in total. The van der Waals surface area contributed by atoms with E-state index in [0.29, 0.717) is 17.7 Å². The van der Waals surface area contributed by atoms with Crippen LogP contribution in [0.5, 0.6) is 0 Å². The molecule has 0 saturated heterocycles. The maximum absolute atomic E-state index is 5.94. The molecule has 1 rings (SSSR count). The van der Waals surface area contributed by atoms with Gasteiger partial charge in [0.15, 0.2) is 0 Å². The molecular weight excluding hydrogens is 236 g/mol. The lowest BCUT2D eigenvalue weighted by Crippen LogP contribution is -2.61. The summed E-state index contributed by atoms with van der Waals surface area (Å²) in [5.74, 6) is 0. The van der Waals surface area contributed by atoms with Crippen LogP contribution in [0.25, 0.3) is 0 Å². The van der Waals surface area contributed by atoms with Crippen molar-refractivity contribution in [1.82, 2.24) is 10.2 Å². The molecule has 19 heavy (non-hydrogen) atoms. The number of ether oxygens (including phenoxy) is 1. The maximum atomic E-state index is 5.94. The van der Waals surface area contributed by atoms with E-state index in [1.165, 1.54) is 25.7 Å². The molecule has 0 radical (unpaired) electrons. The summed E-state index contributed by atoms with van der Waals surface area (Å²) in [6.07, 6.45) is 5.66. The predicted molar refractivity (Wildman–Crippen MR) is 82.7 cm³/mol. The van der Waals surface area contributed by atoms with Crippen molar-refractivity contribution in [3.63, 3.8) is 0 Å². The third-order valence-electron chi connectivity index (χ3n) is 4.56. The Balaban J connectivity index is 2.84. The molecule has 0 spiro atoms. The zero-order valence-electron chi connectivity index (χ0n) is 13.7. The summed E-state index contributed by atoms with van der Waals surface area (Å²) in [7, 11) is 0. The number of rotatable bonds is 9. The smallest absolute Gasteiger partial charge is 0.0641 e. The number of nitrogens with one attached hydrogen (secondary N) is 1. The summed E-state index contributed by atoms with van der Waals surface area (Å²) >= 11 is 0. The lowest BCUT2D eigenvalue weighted by Gasteiger charge is -2.46. The Labute approximate surface area is 120 Å². The van der Waals surface area contributed by atoms with E-state index < -0.39 is 0 Å². The van der Waals surface area contributed by atoms with Crippen LogP contribution in [0, 0.1) is 0 Å². The van der Waals surface area contributed by atoms with E-state index >= 15 is 0 Å². The maximum Gasteiger partial charge on any atom is 0.0641 e. The zero-order valence-corrected chi connectivity index (χ0v) is 13.7. The highest BCUT2D eigenvalue weighted by Crippen LogP contribution is 2.38. The molecule has 114 valence electrons. The van der Waals surface area contributed by atoms with Crippen LogP contribution < -0.4 is 5.32 Å². The Morgan fingerprint density at radius 2 is 1.68 bits per heavy atom. The van der Waals surface area contributed by atoms with E-state index in [0.717, 1.165) is 26.2 Å². The number of nitrogens with zero attached hydrogens (tertiary/aromatic N) is 1. The second-order valence-electron chi connectivity index (χ2n) is 5.98. The van der Waals surface area contributed by atoms with Crippen LogP contribution in [0.15, 0.2) is 0 Å².